The van der Waals surface area contributed by atoms with Gasteiger partial charge in [0, 0.05) is 20.2 Å². The van der Waals surface area contributed by atoms with Gasteiger partial charge in [0.05, 0.1) is 72.7 Å². The summed E-state index contributed by atoms with van der Waals surface area (Å²) in [5, 5.41) is 0. The molecule has 0 aliphatic carbocycles. The fourth-order valence-corrected chi connectivity index (χ4v) is 2.82. The van der Waals surface area contributed by atoms with Gasteiger partial charge in [-0.25, -0.2) is 4.79 Å². The van der Waals surface area contributed by atoms with E-state index in [2.05, 4.69) is 6.92 Å². The molecule has 0 aliphatic heterocycles. The highest BCUT2D eigenvalue weighted by atomic mass is 16.6. The Morgan fingerprint density at radius 2 is 0.943 bits per heavy atom. The van der Waals surface area contributed by atoms with Crippen molar-refractivity contribution in [1.82, 2.24) is 4.90 Å². The zero-order valence-electron chi connectivity index (χ0n) is 23.1. The van der Waals surface area contributed by atoms with Gasteiger partial charge in [-0.05, 0) is 27.2 Å². The van der Waals surface area contributed by atoms with Crippen molar-refractivity contribution in [3.63, 3.8) is 0 Å². The van der Waals surface area contributed by atoms with Crippen molar-refractivity contribution in [2.75, 3.05) is 92.9 Å². The number of hydrogen-bond donors (Lipinski definition) is 0. The van der Waals surface area contributed by atoms with Crippen molar-refractivity contribution in [3.8, 4) is 0 Å². The first-order chi connectivity index (χ1) is 16.9. The SMILES string of the molecule is CCCCCCCCOCCOCCOCCOCCOCCOCCN(C)C(=O)OC(C)(C)C. The Bertz CT molecular complexity index is 459. The molecule has 0 aromatic carbocycles. The van der Waals surface area contributed by atoms with Crippen molar-refractivity contribution in [1.29, 1.82) is 0 Å². The summed E-state index contributed by atoms with van der Waals surface area (Å²) in [6.45, 7) is 14.9. The van der Waals surface area contributed by atoms with Gasteiger partial charge in [-0.3, -0.25) is 0 Å². The van der Waals surface area contributed by atoms with E-state index in [1.807, 2.05) is 20.8 Å². The Balaban J connectivity index is 3.18. The molecule has 0 atom stereocenters. The molecule has 1 amide bonds. The van der Waals surface area contributed by atoms with Gasteiger partial charge in [0.25, 0.3) is 0 Å². The third kappa shape index (κ3) is 27.5. The highest BCUT2D eigenvalue weighted by molar-refractivity contribution is 5.67. The predicted octanol–water partition coefficient (Wildman–Crippen LogP) is 4.31. The maximum Gasteiger partial charge on any atom is 0.410 e. The summed E-state index contributed by atoms with van der Waals surface area (Å²) in [4.78, 5) is 13.3. The largest absolute Gasteiger partial charge is 0.444 e. The number of rotatable bonds is 25. The Kier molecular flexibility index (Phi) is 24.0. The average molecular weight is 508 g/mol. The van der Waals surface area contributed by atoms with E-state index in [1.165, 1.54) is 37.0 Å². The number of hydrogen-bond acceptors (Lipinski definition) is 8. The van der Waals surface area contributed by atoms with Gasteiger partial charge >= 0.3 is 6.09 Å². The molecule has 9 nitrogen and oxygen atoms in total. The molecule has 35 heavy (non-hydrogen) atoms. The standard InChI is InChI=1S/C26H53NO8/c1-6-7-8-9-10-11-13-29-15-17-31-19-21-33-23-24-34-22-20-32-18-16-30-14-12-27(5)25(28)35-26(2,3)4/h6-24H2,1-5H3. The van der Waals surface area contributed by atoms with E-state index in [4.69, 9.17) is 33.2 Å². The van der Waals surface area contributed by atoms with Crippen LogP contribution < -0.4 is 0 Å². The second-order valence-electron chi connectivity index (χ2n) is 9.34. The van der Waals surface area contributed by atoms with Crippen molar-refractivity contribution in [2.24, 2.45) is 0 Å². The van der Waals surface area contributed by atoms with Crippen LogP contribution in [0.4, 0.5) is 4.79 Å². The van der Waals surface area contributed by atoms with Gasteiger partial charge in [-0.2, -0.15) is 0 Å². The van der Waals surface area contributed by atoms with Crippen LogP contribution in [0, 0.1) is 0 Å². The monoisotopic (exact) mass is 507 g/mol. The predicted molar refractivity (Wildman–Crippen MR) is 137 cm³/mol. The lowest BCUT2D eigenvalue weighted by molar-refractivity contribution is -0.0180. The van der Waals surface area contributed by atoms with Crippen LogP contribution in [0.25, 0.3) is 0 Å². The number of carbonyl (C=O) groups is 1. The molecule has 0 saturated heterocycles. The van der Waals surface area contributed by atoms with Crippen LogP contribution >= 0.6 is 0 Å². The average Bonchev–Trinajstić information content (AvgIpc) is 2.80. The molecular weight excluding hydrogens is 454 g/mol. The molecule has 0 N–H and O–H groups in total. The first kappa shape index (κ1) is 34.0. The smallest absolute Gasteiger partial charge is 0.410 e. The van der Waals surface area contributed by atoms with Crippen LogP contribution in [0.15, 0.2) is 0 Å². The lowest BCUT2D eigenvalue weighted by atomic mass is 10.1. The molecule has 0 radical (unpaired) electrons. The summed E-state index contributed by atoms with van der Waals surface area (Å²) >= 11 is 0. The molecule has 0 aromatic heterocycles. The molecular formula is C26H53NO8. The van der Waals surface area contributed by atoms with Gasteiger partial charge < -0.3 is 38.1 Å². The number of amides is 1. The fraction of sp³-hybridized carbons (Fsp3) is 0.962. The second kappa shape index (κ2) is 24.7. The van der Waals surface area contributed by atoms with Crippen LogP contribution in [0.1, 0.15) is 66.2 Å². The van der Waals surface area contributed by atoms with Crippen molar-refractivity contribution < 1.29 is 38.0 Å². The Hall–Kier alpha value is -0.970. The van der Waals surface area contributed by atoms with Crippen LogP contribution in [0.2, 0.25) is 0 Å². The normalized spacial score (nSPS) is 11.7. The minimum Gasteiger partial charge on any atom is -0.444 e. The molecule has 0 rings (SSSR count). The van der Waals surface area contributed by atoms with E-state index in [-0.39, 0.29) is 6.09 Å². The highest BCUT2D eigenvalue weighted by Gasteiger charge is 2.19. The van der Waals surface area contributed by atoms with Crippen molar-refractivity contribution in [3.05, 3.63) is 0 Å². The van der Waals surface area contributed by atoms with Gasteiger partial charge in [-0.1, -0.05) is 39.0 Å². The first-order valence-electron chi connectivity index (χ1n) is 13.3. The topological polar surface area (TPSA) is 84.9 Å². The van der Waals surface area contributed by atoms with E-state index in [0.717, 1.165) is 13.0 Å². The van der Waals surface area contributed by atoms with Gasteiger partial charge in [-0.15, -0.1) is 0 Å². The summed E-state index contributed by atoms with van der Waals surface area (Å²) in [6, 6.07) is 0. The molecule has 210 valence electrons. The lowest BCUT2D eigenvalue weighted by Crippen LogP contribution is -2.36. The highest BCUT2D eigenvalue weighted by Crippen LogP contribution is 2.08. The van der Waals surface area contributed by atoms with E-state index >= 15 is 0 Å². The molecule has 0 heterocycles. The zero-order chi connectivity index (χ0) is 26.0. The number of ether oxygens (including phenoxy) is 7. The van der Waals surface area contributed by atoms with Gasteiger partial charge in [0.15, 0.2) is 0 Å². The quantitative estimate of drug-likeness (QED) is 0.169. The van der Waals surface area contributed by atoms with E-state index in [0.29, 0.717) is 79.2 Å². The molecule has 0 saturated carbocycles. The molecule has 0 fully saturated rings. The second-order valence-corrected chi connectivity index (χ2v) is 9.34. The minimum absolute atomic E-state index is 0.352. The van der Waals surface area contributed by atoms with Crippen LogP contribution in [0.3, 0.4) is 0 Å². The number of nitrogens with zero attached hydrogens (tertiary/aromatic N) is 1. The molecule has 0 bridgehead atoms. The summed E-state index contributed by atoms with van der Waals surface area (Å²) < 4.78 is 38.2. The first-order valence-corrected chi connectivity index (χ1v) is 13.3. The Morgan fingerprint density at radius 1 is 0.571 bits per heavy atom. The van der Waals surface area contributed by atoms with Crippen LogP contribution in [-0.2, 0) is 33.2 Å². The fourth-order valence-electron chi connectivity index (χ4n) is 2.82. The van der Waals surface area contributed by atoms with Crippen molar-refractivity contribution in [2.45, 2.75) is 71.8 Å². The summed E-state index contributed by atoms with van der Waals surface area (Å²) in [7, 11) is 1.69. The van der Waals surface area contributed by atoms with Gasteiger partial charge in [0.1, 0.15) is 5.60 Å². The van der Waals surface area contributed by atoms with E-state index in [1.54, 1.807) is 7.05 Å². The summed E-state index contributed by atoms with van der Waals surface area (Å²) in [5.41, 5.74) is -0.495. The van der Waals surface area contributed by atoms with Crippen LogP contribution in [0.5, 0.6) is 0 Å². The zero-order valence-corrected chi connectivity index (χ0v) is 23.1. The third-order valence-electron chi connectivity index (χ3n) is 4.78. The molecule has 0 unspecified atom stereocenters. The minimum atomic E-state index is -0.495. The van der Waals surface area contributed by atoms with Gasteiger partial charge in [0.2, 0.25) is 0 Å². The van der Waals surface area contributed by atoms with E-state index in [9.17, 15) is 4.79 Å². The molecule has 0 aliphatic rings. The third-order valence-corrected chi connectivity index (χ3v) is 4.78. The Labute approximate surface area is 214 Å². The summed E-state index contributed by atoms with van der Waals surface area (Å²) in [6.07, 6.45) is 7.33. The maximum absolute atomic E-state index is 11.8. The molecule has 9 heteroatoms. The molecule has 0 spiro atoms. The summed E-state index contributed by atoms with van der Waals surface area (Å²) in [5.74, 6) is 0. The lowest BCUT2D eigenvalue weighted by Gasteiger charge is -2.24. The van der Waals surface area contributed by atoms with Crippen LogP contribution in [-0.4, -0.2) is 109 Å². The Morgan fingerprint density at radius 3 is 1.37 bits per heavy atom. The number of carbonyl (C=O) groups excluding carboxylic acids is 1. The number of likely N-dealkylation sites (N-methyl/N-ethyl adjacent to an activating group) is 1. The van der Waals surface area contributed by atoms with Crippen molar-refractivity contribution >= 4 is 6.09 Å². The molecule has 0 aromatic rings. The number of unbranched alkanes of at least 4 members (excludes halogenated alkanes) is 5. The maximum atomic E-state index is 11.8. The van der Waals surface area contributed by atoms with E-state index < -0.39 is 5.60 Å².